The van der Waals surface area contributed by atoms with E-state index in [2.05, 4.69) is 20.9 Å². The van der Waals surface area contributed by atoms with E-state index in [4.69, 9.17) is 0 Å². The van der Waals surface area contributed by atoms with Gasteiger partial charge in [0, 0.05) is 0 Å². The number of methoxy groups -OCH3 is 1. The molecule has 118 valence electrons. The first-order valence-electron chi connectivity index (χ1n) is 7.08. The van der Waals surface area contributed by atoms with Crippen LogP contribution < -0.4 is 5.56 Å². The normalized spacial score (nSPS) is 10.9. The van der Waals surface area contributed by atoms with E-state index < -0.39 is 5.97 Å². The molecule has 0 radical (unpaired) electrons. The Balaban J connectivity index is 2.13. The molecule has 23 heavy (non-hydrogen) atoms. The van der Waals surface area contributed by atoms with Gasteiger partial charge in [-0.3, -0.25) is 14.2 Å². The molecule has 0 spiro atoms. The number of carbonyl (C=O) groups is 1. The van der Waals surface area contributed by atoms with E-state index in [1.807, 2.05) is 26.0 Å². The molecule has 3 aromatic rings. The van der Waals surface area contributed by atoms with Crippen LogP contribution in [0.1, 0.15) is 11.1 Å². The van der Waals surface area contributed by atoms with Crippen molar-refractivity contribution in [3.05, 3.63) is 52.2 Å². The van der Waals surface area contributed by atoms with Crippen LogP contribution in [0.4, 0.5) is 0 Å². The van der Waals surface area contributed by atoms with Crippen LogP contribution in [-0.2, 0) is 16.1 Å². The maximum Gasteiger partial charge on any atom is 0.325 e. The Hall–Kier alpha value is -2.96. The standard InChI is InChI=1S/C16H16N4O3/c1-10-4-11(2)6-12(5-10)20-15-13(7-18-20)16(22)19(9-17-15)8-14(21)23-3/h4-7,9H,8H2,1-3H3. The molecule has 2 aromatic heterocycles. The summed E-state index contributed by atoms with van der Waals surface area (Å²) in [6.07, 6.45) is 2.80. The smallest absolute Gasteiger partial charge is 0.325 e. The van der Waals surface area contributed by atoms with Gasteiger partial charge in [0.25, 0.3) is 5.56 Å². The van der Waals surface area contributed by atoms with Crippen LogP contribution in [0, 0.1) is 13.8 Å². The van der Waals surface area contributed by atoms with E-state index in [-0.39, 0.29) is 12.1 Å². The summed E-state index contributed by atoms with van der Waals surface area (Å²) in [7, 11) is 1.28. The first kappa shape index (κ1) is 15.0. The number of aromatic nitrogens is 4. The zero-order chi connectivity index (χ0) is 16.6. The summed E-state index contributed by atoms with van der Waals surface area (Å²) in [5.41, 5.74) is 3.18. The van der Waals surface area contributed by atoms with Gasteiger partial charge in [0.1, 0.15) is 18.3 Å². The molecule has 2 heterocycles. The molecule has 7 nitrogen and oxygen atoms in total. The van der Waals surface area contributed by atoms with Gasteiger partial charge in [-0.15, -0.1) is 0 Å². The van der Waals surface area contributed by atoms with Crippen LogP contribution in [0.3, 0.4) is 0 Å². The van der Waals surface area contributed by atoms with Gasteiger partial charge in [-0.2, -0.15) is 5.10 Å². The Bertz CT molecular complexity index is 935. The van der Waals surface area contributed by atoms with Crippen molar-refractivity contribution in [3.8, 4) is 5.69 Å². The second kappa shape index (κ2) is 5.68. The van der Waals surface area contributed by atoms with Crippen molar-refractivity contribution in [1.29, 1.82) is 0 Å². The lowest BCUT2D eigenvalue weighted by atomic mass is 10.1. The summed E-state index contributed by atoms with van der Waals surface area (Å²) in [6.45, 7) is 3.82. The van der Waals surface area contributed by atoms with Crippen molar-refractivity contribution < 1.29 is 9.53 Å². The number of fused-ring (bicyclic) bond motifs is 1. The molecular formula is C16H16N4O3. The minimum Gasteiger partial charge on any atom is -0.468 e. The van der Waals surface area contributed by atoms with Crippen LogP contribution in [0.5, 0.6) is 0 Å². The minimum absolute atomic E-state index is 0.174. The number of aryl methyl sites for hydroxylation is 2. The summed E-state index contributed by atoms with van der Waals surface area (Å²) < 4.78 is 7.41. The lowest BCUT2D eigenvalue weighted by Gasteiger charge is -2.07. The van der Waals surface area contributed by atoms with Gasteiger partial charge in [0.05, 0.1) is 19.0 Å². The molecule has 0 unspecified atom stereocenters. The van der Waals surface area contributed by atoms with Crippen molar-refractivity contribution in [2.24, 2.45) is 0 Å². The molecular weight excluding hydrogens is 296 g/mol. The zero-order valence-corrected chi connectivity index (χ0v) is 13.1. The third-order valence-corrected chi connectivity index (χ3v) is 3.53. The first-order valence-corrected chi connectivity index (χ1v) is 7.08. The zero-order valence-electron chi connectivity index (χ0n) is 13.1. The number of rotatable bonds is 3. The maximum atomic E-state index is 12.4. The van der Waals surface area contributed by atoms with Gasteiger partial charge in [-0.25, -0.2) is 9.67 Å². The second-order valence-electron chi connectivity index (χ2n) is 5.39. The lowest BCUT2D eigenvalue weighted by Crippen LogP contribution is -2.25. The summed E-state index contributed by atoms with van der Waals surface area (Å²) >= 11 is 0. The average Bonchev–Trinajstić information content (AvgIpc) is 2.93. The van der Waals surface area contributed by atoms with Gasteiger partial charge >= 0.3 is 5.97 Å². The van der Waals surface area contributed by atoms with E-state index in [9.17, 15) is 9.59 Å². The second-order valence-corrected chi connectivity index (χ2v) is 5.39. The fourth-order valence-corrected chi connectivity index (χ4v) is 2.53. The number of hydrogen-bond acceptors (Lipinski definition) is 5. The van der Waals surface area contributed by atoms with Gasteiger partial charge in [-0.05, 0) is 37.1 Å². The third-order valence-electron chi connectivity index (χ3n) is 3.53. The minimum atomic E-state index is -0.505. The fourth-order valence-electron chi connectivity index (χ4n) is 2.53. The predicted octanol–water partition coefficient (Wildman–Crippen LogP) is 1.37. The Labute approximate surface area is 132 Å². The summed E-state index contributed by atoms with van der Waals surface area (Å²) in [4.78, 5) is 28.0. The molecule has 0 N–H and O–H groups in total. The van der Waals surface area contributed by atoms with Gasteiger partial charge in [0.15, 0.2) is 5.65 Å². The highest BCUT2D eigenvalue weighted by atomic mass is 16.5. The van der Waals surface area contributed by atoms with E-state index in [1.165, 1.54) is 24.2 Å². The average molecular weight is 312 g/mol. The van der Waals surface area contributed by atoms with E-state index >= 15 is 0 Å². The fraction of sp³-hybridized carbons (Fsp3) is 0.250. The monoisotopic (exact) mass is 312 g/mol. The number of carbonyl (C=O) groups excluding carboxylic acids is 1. The van der Waals surface area contributed by atoms with E-state index in [0.29, 0.717) is 11.0 Å². The molecule has 0 aliphatic rings. The van der Waals surface area contributed by atoms with Crippen LogP contribution >= 0.6 is 0 Å². The maximum absolute atomic E-state index is 12.4. The molecule has 1 aromatic carbocycles. The van der Waals surface area contributed by atoms with Gasteiger partial charge in [0.2, 0.25) is 0 Å². The Kier molecular flexibility index (Phi) is 3.69. The molecule has 0 bridgehead atoms. The highest BCUT2D eigenvalue weighted by molar-refractivity contribution is 5.76. The first-order chi connectivity index (χ1) is 11.0. The number of benzene rings is 1. The van der Waals surface area contributed by atoms with Crippen molar-refractivity contribution in [3.63, 3.8) is 0 Å². The number of esters is 1. The third kappa shape index (κ3) is 2.73. The molecule has 0 saturated carbocycles. The molecule has 0 saturated heterocycles. The lowest BCUT2D eigenvalue weighted by molar-refractivity contribution is -0.141. The molecule has 0 amide bonds. The van der Waals surface area contributed by atoms with Crippen molar-refractivity contribution >= 4 is 17.0 Å². The Morgan fingerprint density at radius 1 is 1.22 bits per heavy atom. The summed E-state index contributed by atoms with van der Waals surface area (Å²) in [6, 6.07) is 6.01. The summed E-state index contributed by atoms with van der Waals surface area (Å²) in [5.74, 6) is -0.505. The Morgan fingerprint density at radius 2 is 1.91 bits per heavy atom. The highest BCUT2D eigenvalue weighted by Crippen LogP contribution is 2.16. The number of ether oxygens (including phenoxy) is 1. The van der Waals surface area contributed by atoms with Crippen LogP contribution in [0.25, 0.3) is 16.7 Å². The highest BCUT2D eigenvalue weighted by Gasteiger charge is 2.13. The van der Waals surface area contributed by atoms with Crippen LogP contribution in [0.15, 0.2) is 35.5 Å². The van der Waals surface area contributed by atoms with Crippen LogP contribution in [0.2, 0.25) is 0 Å². The van der Waals surface area contributed by atoms with Crippen molar-refractivity contribution in [2.75, 3.05) is 7.11 Å². The molecule has 0 atom stereocenters. The molecule has 0 aliphatic heterocycles. The number of nitrogens with zero attached hydrogens (tertiary/aromatic N) is 4. The Morgan fingerprint density at radius 3 is 2.57 bits per heavy atom. The predicted molar refractivity (Wildman–Crippen MR) is 84.6 cm³/mol. The molecule has 0 aliphatic carbocycles. The quantitative estimate of drug-likeness (QED) is 0.683. The SMILES string of the molecule is COC(=O)Cn1cnc2c(cnn2-c2cc(C)cc(C)c2)c1=O. The number of hydrogen-bond donors (Lipinski definition) is 0. The van der Waals surface area contributed by atoms with Gasteiger partial charge in [-0.1, -0.05) is 6.07 Å². The molecule has 3 rings (SSSR count). The van der Waals surface area contributed by atoms with Gasteiger partial charge < -0.3 is 4.74 Å². The van der Waals surface area contributed by atoms with Crippen molar-refractivity contribution in [2.45, 2.75) is 20.4 Å². The summed E-state index contributed by atoms with van der Waals surface area (Å²) in [5, 5.41) is 4.63. The molecule has 7 heteroatoms. The van der Waals surface area contributed by atoms with E-state index in [0.717, 1.165) is 16.8 Å². The largest absolute Gasteiger partial charge is 0.468 e. The van der Waals surface area contributed by atoms with Crippen molar-refractivity contribution in [1.82, 2.24) is 19.3 Å². The molecule has 0 fully saturated rings. The van der Waals surface area contributed by atoms with E-state index in [1.54, 1.807) is 4.68 Å². The topological polar surface area (TPSA) is 79.0 Å². The van der Waals surface area contributed by atoms with Crippen LogP contribution in [-0.4, -0.2) is 32.4 Å².